The number of aliphatic carboxylic acids is 4. The van der Waals surface area contributed by atoms with Crippen LogP contribution in [-0.2, 0) is 28.7 Å². The molecule has 2 saturated heterocycles. The number of carbonyl (C=O) groups is 4. The highest BCUT2D eigenvalue weighted by atomic mass is 16.6. The lowest BCUT2D eigenvalue weighted by atomic mass is 10.4. The maximum Gasteiger partial charge on any atom is 0.317 e. The lowest BCUT2D eigenvalue weighted by Crippen LogP contribution is -2.36. The van der Waals surface area contributed by atoms with Gasteiger partial charge < -0.3 is 29.9 Å². The van der Waals surface area contributed by atoms with E-state index in [0.717, 1.165) is 0 Å². The highest BCUT2D eigenvalue weighted by molar-refractivity contribution is 5.73. The number of epoxide rings is 2. The molecule has 2 fully saturated rings. The van der Waals surface area contributed by atoms with Crippen LogP contribution in [0, 0.1) is 0 Å². The second kappa shape index (κ2) is 9.12. The standard InChI is InChI=1S/2C6H9NO5/c2*8-5(9)1-7(2-6(10)11)4-3-12-4/h2*4H,1-3H2,(H,8,9)(H,10,11). The first kappa shape index (κ1) is 19.8. The average Bonchev–Trinajstić information content (AvgIpc) is 3.27. The van der Waals surface area contributed by atoms with E-state index in [9.17, 15) is 19.2 Å². The lowest BCUT2D eigenvalue weighted by molar-refractivity contribution is -0.144. The van der Waals surface area contributed by atoms with Crippen molar-refractivity contribution in [2.45, 2.75) is 12.5 Å². The molecule has 12 heteroatoms. The van der Waals surface area contributed by atoms with E-state index in [-0.39, 0.29) is 38.6 Å². The van der Waals surface area contributed by atoms with Crippen molar-refractivity contribution in [3.05, 3.63) is 0 Å². The van der Waals surface area contributed by atoms with Crippen molar-refractivity contribution in [3.8, 4) is 0 Å². The zero-order valence-electron chi connectivity index (χ0n) is 12.5. The molecule has 0 saturated carbocycles. The van der Waals surface area contributed by atoms with Crippen LogP contribution in [0.25, 0.3) is 0 Å². The summed E-state index contributed by atoms with van der Waals surface area (Å²) in [6.45, 7) is -0.344. The van der Waals surface area contributed by atoms with Crippen molar-refractivity contribution in [2.24, 2.45) is 0 Å². The Labute approximate surface area is 135 Å². The monoisotopic (exact) mass is 350 g/mol. The number of nitrogens with zero attached hydrogens (tertiary/aromatic N) is 2. The van der Waals surface area contributed by atoms with Crippen LogP contribution in [0.5, 0.6) is 0 Å². The van der Waals surface area contributed by atoms with E-state index in [1.165, 1.54) is 9.80 Å². The van der Waals surface area contributed by atoms with Crippen LogP contribution in [-0.4, -0.2) is 106 Å². The molecule has 0 spiro atoms. The summed E-state index contributed by atoms with van der Waals surface area (Å²) in [5, 5.41) is 33.5. The van der Waals surface area contributed by atoms with Crippen LogP contribution in [0.2, 0.25) is 0 Å². The van der Waals surface area contributed by atoms with Crippen LogP contribution in [0.1, 0.15) is 0 Å². The molecule has 0 bridgehead atoms. The first-order valence-electron chi connectivity index (χ1n) is 6.77. The fraction of sp³-hybridized carbons (Fsp3) is 0.667. The first-order chi connectivity index (χ1) is 11.2. The van der Waals surface area contributed by atoms with Gasteiger partial charge in [0, 0.05) is 0 Å². The number of rotatable bonds is 10. The zero-order chi connectivity index (χ0) is 18.3. The van der Waals surface area contributed by atoms with Crippen molar-refractivity contribution < 1.29 is 49.1 Å². The normalized spacial score (nSPS) is 20.9. The van der Waals surface area contributed by atoms with Gasteiger partial charge in [0.2, 0.25) is 0 Å². The summed E-state index contributed by atoms with van der Waals surface area (Å²) in [5.41, 5.74) is 0. The van der Waals surface area contributed by atoms with Crippen molar-refractivity contribution in [3.63, 3.8) is 0 Å². The third-order valence-corrected chi connectivity index (χ3v) is 2.80. The molecule has 2 heterocycles. The first-order valence-corrected chi connectivity index (χ1v) is 6.77. The Kier molecular flexibility index (Phi) is 7.51. The van der Waals surface area contributed by atoms with E-state index < -0.39 is 23.9 Å². The third-order valence-electron chi connectivity index (χ3n) is 2.80. The topological polar surface area (TPSA) is 181 Å². The Morgan fingerprint density at radius 1 is 0.667 bits per heavy atom. The van der Waals surface area contributed by atoms with Crippen LogP contribution in [0.4, 0.5) is 0 Å². The molecular weight excluding hydrogens is 332 g/mol. The summed E-state index contributed by atoms with van der Waals surface area (Å²) >= 11 is 0. The Hall–Kier alpha value is -2.28. The molecule has 2 rings (SSSR count). The fourth-order valence-corrected chi connectivity index (χ4v) is 1.72. The van der Waals surface area contributed by atoms with Gasteiger partial charge in [0.25, 0.3) is 0 Å². The van der Waals surface area contributed by atoms with Crippen LogP contribution < -0.4 is 0 Å². The van der Waals surface area contributed by atoms with Crippen molar-refractivity contribution in [2.75, 3.05) is 39.4 Å². The van der Waals surface area contributed by atoms with Gasteiger partial charge in [0.15, 0.2) is 0 Å². The molecule has 0 aromatic heterocycles. The highest BCUT2D eigenvalue weighted by Gasteiger charge is 2.33. The van der Waals surface area contributed by atoms with Crippen molar-refractivity contribution >= 4 is 23.9 Å². The number of hydrogen-bond donors (Lipinski definition) is 4. The molecule has 2 aliphatic heterocycles. The number of carboxylic acid groups (broad SMARTS) is 4. The molecule has 0 aromatic carbocycles. The van der Waals surface area contributed by atoms with Crippen molar-refractivity contribution in [1.29, 1.82) is 0 Å². The number of hydrogen-bond acceptors (Lipinski definition) is 8. The van der Waals surface area contributed by atoms with E-state index in [0.29, 0.717) is 13.2 Å². The van der Waals surface area contributed by atoms with Gasteiger partial charge in [-0.1, -0.05) is 0 Å². The van der Waals surface area contributed by atoms with E-state index in [2.05, 4.69) is 0 Å². The summed E-state index contributed by atoms with van der Waals surface area (Å²) in [6.07, 6.45) is -0.644. The molecule has 0 radical (unpaired) electrons. The molecule has 0 amide bonds. The maximum atomic E-state index is 10.2. The zero-order valence-corrected chi connectivity index (χ0v) is 12.5. The predicted molar refractivity (Wildman–Crippen MR) is 73.2 cm³/mol. The number of carboxylic acids is 4. The Morgan fingerprint density at radius 2 is 0.875 bits per heavy atom. The second-order valence-corrected chi connectivity index (χ2v) is 4.96. The summed E-state index contributed by atoms with van der Waals surface area (Å²) in [7, 11) is 0. The second-order valence-electron chi connectivity index (χ2n) is 4.96. The smallest absolute Gasteiger partial charge is 0.317 e. The average molecular weight is 350 g/mol. The largest absolute Gasteiger partial charge is 0.480 e. The Balaban J connectivity index is 0.000000240. The van der Waals surface area contributed by atoms with Crippen LogP contribution in [0.15, 0.2) is 0 Å². The van der Waals surface area contributed by atoms with Crippen LogP contribution in [0.3, 0.4) is 0 Å². The summed E-state index contributed by atoms with van der Waals surface area (Å²) < 4.78 is 9.54. The SMILES string of the molecule is O=C(O)CN(CC(=O)O)C1CO1.O=C(O)CN(CC(=O)O)C1CO1. The van der Waals surface area contributed by atoms with Gasteiger partial charge in [-0.2, -0.15) is 0 Å². The van der Waals surface area contributed by atoms with Crippen LogP contribution >= 0.6 is 0 Å². The molecule has 0 aromatic rings. The van der Waals surface area contributed by atoms with Gasteiger partial charge in [0.05, 0.1) is 39.4 Å². The summed E-state index contributed by atoms with van der Waals surface area (Å²) in [4.78, 5) is 43.4. The maximum absolute atomic E-state index is 10.2. The third kappa shape index (κ3) is 8.99. The molecule has 2 aliphatic rings. The molecule has 0 aliphatic carbocycles. The van der Waals surface area contributed by atoms with Gasteiger partial charge in [0.1, 0.15) is 12.5 Å². The van der Waals surface area contributed by atoms with Gasteiger partial charge >= 0.3 is 23.9 Å². The molecule has 136 valence electrons. The quantitative estimate of drug-likeness (QED) is 0.308. The molecule has 12 nitrogen and oxygen atoms in total. The van der Waals surface area contributed by atoms with Crippen molar-refractivity contribution in [1.82, 2.24) is 9.80 Å². The molecule has 2 unspecified atom stereocenters. The fourth-order valence-electron chi connectivity index (χ4n) is 1.72. The predicted octanol–water partition coefficient (Wildman–Crippen LogP) is -2.37. The summed E-state index contributed by atoms with van der Waals surface area (Å²) in [5.74, 6) is -4.20. The minimum absolute atomic E-state index is 0.295. The van der Waals surface area contributed by atoms with Gasteiger partial charge in [-0.25, -0.2) is 0 Å². The Bertz CT molecular complexity index is 412. The van der Waals surface area contributed by atoms with Gasteiger partial charge in [-0.15, -0.1) is 0 Å². The minimum Gasteiger partial charge on any atom is -0.480 e. The van der Waals surface area contributed by atoms with Gasteiger partial charge in [-0.3, -0.25) is 29.0 Å². The number of ether oxygens (including phenoxy) is 2. The minimum atomic E-state index is -1.05. The van der Waals surface area contributed by atoms with E-state index >= 15 is 0 Å². The molecule has 24 heavy (non-hydrogen) atoms. The molecular formula is C12H18N2O10. The summed E-state index contributed by atoms with van der Waals surface area (Å²) in [6, 6.07) is 0. The Morgan fingerprint density at radius 3 is 1.00 bits per heavy atom. The van der Waals surface area contributed by atoms with E-state index in [4.69, 9.17) is 29.9 Å². The highest BCUT2D eigenvalue weighted by Crippen LogP contribution is 2.14. The van der Waals surface area contributed by atoms with Gasteiger partial charge in [-0.05, 0) is 0 Å². The van der Waals surface area contributed by atoms with E-state index in [1.807, 2.05) is 0 Å². The molecule has 2 atom stereocenters. The lowest BCUT2D eigenvalue weighted by Gasteiger charge is -2.13. The molecule has 4 N–H and O–H groups in total. The van der Waals surface area contributed by atoms with E-state index in [1.54, 1.807) is 0 Å².